The number of pyridine rings is 1. The number of imidazole rings is 1. The van der Waals surface area contributed by atoms with Crippen LogP contribution >= 0.6 is 0 Å². The minimum Gasteiger partial charge on any atom is -0.291 e. The van der Waals surface area contributed by atoms with Crippen LogP contribution in [0.1, 0.15) is 44.4 Å². The molecule has 0 aliphatic heterocycles. The van der Waals surface area contributed by atoms with Gasteiger partial charge in [-0.1, -0.05) is 49.6 Å². The monoisotopic (exact) mass is 485 g/mol. The van der Waals surface area contributed by atoms with E-state index in [-0.39, 0.29) is 5.69 Å². The van der Waals surface area contributed by atoms with Crippen LogP contribution < -0.4 is 5.69 Å². The Morgan fingerprint density at radius 2 is 1.81 bits per heavy atom. The summed E-state index contributed by atoms with van der Waals surface area (Å²) in [7, 11) is 0. The van der Waals surface area contributed by atoms with E-state index in [1.54, 1.807) is 20.0 Å². The van der Waals surface area contributed by atoms with E-state index in [4.69, 9.17) is 0 Å². The molecule has 0 unspecified atom stereocenters. The fourth-order valence-corrected chi connectivity index (χ4v) is 4.22. The fraction of sp³-hybridized carbons (Fsp3) is 0.333. The largest absolute Gasteiger partial charge is 0.335 e. The molecule has 12 heteroatoms. The highest BCUT2D eigenvalue weighted by Gasteiger charge is 2.18. The molecular weight excluding hydrogens is 458 g/mol. The van der Waals surface area contributed by atoms with E-state index in [0.29, 0.717) is 24.9 Å². The molecule has 12 nitrogen and oxygen atoms in total. The third kappa shape index (κ3) is 4.57. The molecule has 1 N–H and O–H groups in total. The lowest BCUT2D eigenvalue weighted by molar-refractivity contribution is 0.562. The Bertz CT molecular complexity index is 1480. The summed E-state index contributed by atoms with van der Waals surface area (Å²) in [5.41, 5.74) is 4.62. The minimum atomic E-state index is -0.170. The highest BCUT2D eigenvalue weighted by atomic mass is 16.2. The van der Waals surface area contributed by atoms with Gasteiger partial charge < -0.3 is 0 Å². The van der Waals surface area contributed by atoms with E-state index >= 15 is 0 Å². The first-order valence-electron chi connectivity index (χ1n) is 12.0. The standard InChI is InChI=1S/C24H27N11O/c1-3-5-6-20-16-34(23-28-31-32-35(23)13-4-2)24(36)33(20)15-19-14-25-12-11-21(19)17-7-9-18(10-8-17)22-26-29-30-27-22/h7-12,14,16H,3-6,13,15H2,1-2H3,(H,26,27,29,30). The molecule has 184 valence electrons. The molecule has 1 aromatic carbocycles. The fourth-order valence-electron chi connectivity index (χ4n) is 4.22. The Labute approximate surface area is 207 Å². The zero-order valence-electron chi connectivity index (χ0n) is 20.2. The van der Waals surface area contributed by atoms with E-state index in [2.05, 4.69) is 48.1 Å². The summed E-state index contributed by atoms with van der Waals surface area (Å²) in [6.45, 7) is 5.21. The SMILES string of the molecule is CCCCc1cn(-c2nnnn2CCC)c(=O)n1Cc1cnccc1-c1ccc(-c2nnn[nH]2)cc1. The molecule has 0 aliphatic rings. The van der Waals surface area contributed by atoms with Gasteiger partial charge in [0.25, 0.3) is 5.95 Å². The third-order valence-corrected chi connectivity index (χ3v) is 6.06. The van der Waals surface area contributed by atoms with Crippen LogP contribution in [0.4, 0.5) is 0 Å². The van der Waals surface area contributed by atoms with Gasteiger partial charge in [-0.25, -0.2) is 19.1 Å². The number of aromatic nitrogens is 11. The number of aromatic amines is 1. The molecule has 0 saturated heterocycles. The number of aryl methyl sites for hydroxylation is 2. The topological polar surface area (TPSA) is 138 Å². The minimum absolute atomic E-state index is 0.170. The summed E-state index contributed by atoms with van der Waals surface area (Å²) in [4.78, 5) is 18.0. The first-order chi connectivity index (χ1) is 17.7. The molecule has 0 aliphatic carbocycles. The zero-order chi connectivity index (χ0) is 24.9. The van der Waals surface area contributed by atoms with Crippen molar-refractivity contribution in [2.75, 3.05) is 0 Å². The van der Waals surface area contributed by atoms with Crippen molar-refractivity contribution >= 4 is 0 Å². The molecule has 5 rings (SSSR count). The molecule has 0 atom stereocenters. The summed E-state index contributed by atoms with van der Waals surface area (Å²) in [5.74, 6) is 1.04. The van der Waals surface area contributed by atoms with Crippen LogP contribution in [0.5, 0.6) is 0 Å². The number of unbranched alkanes of at least 4 members (excludes halogenated alkanes) is 1. The first kappa shape index (κ1) is 23.3. The van der Waals surface area contributed by atoms with Crippen LogP contribution in [0.25, 0.3) is 28.5 Å². The van der Waals surface area contributed by atoms with Crippen LogP contribution in [0, 0.1) is 0 Å². The van der Waals surface area contributed by atoms with Crippen LogP contribution in [-0.2, 0) is 19.5 Å². The van der Waals surface area contributed by atoms with E-state index in [9.17, 15) is 4.79 Å². The molecule has 0 radical (unpaired) electrons. The average molecular weight is 486 g/mol. The molecular formula is C24H27N11O. The predicted molar refractivity (Wildman–Crippen MR) is 132 cm³/mol. The van der Waals surface area contributed by atoms with Gasteiger partial charge in [0.1, 0.15) is 0 Å². The number of nitrogens with zero attached hydrogens (tertiary/aromatic N) is 10. The van der Waals surface area contributed by atoms with Crippen LogP contribution in [0.2, 0.25) is 0 Å². The second kappa shape index (κ2) is 10.4. The molecule has 5 aromatic rings. The second-order valence-electron chi connectivity index (χ2n) is 8.52. The van der Waals surface area contributed by atoms with E-state index in [1.165, 1.54) is 0 Å². The Hall–Kier alpha value is -4.48. The maximum atomic E-state index is 13.6. The summed E-state index contributed by atoms with van der Waals surface area (Å²) >= 11 is 0. The van der Waals surface area contributed by atoms with Crippen molar-refractivity contribution in [3.05, 3.63) is 70.7 Å². The van der Waals surface area contributed by atoms with Crippen molar-refractivity contribution in [2.45, 2.75) is 52.6 Å². The van der Waals surface area contributed by atoms with Crippen molar-refractivity contribution in [3.8, 4) is 28.5 Å². The maximum Gasteiger partial charge on any atom is 0.335 e. The van der Waals surface area contributed by atoms with Gasteiger partial charge in [0.2, 0.25) is 0 Å². The molecule has 0 spiro atoms. The van der Waals surface area contributed by atoms with Crippen molar-refractivity contribution in [2.24, 2.45) is 0 Å². The number of H-pyrrole nitrogens is 1. The summed E-state index contributed by atoms with van der Waals surface area (Å²) in [6, 6.07) is 9.92. The van der Waals surface area contributed by atoms with Gasteiger partial charge in [-0.05, 0) is 62.9 Å². The zero-order valence-corrected chi connectivity index (χ0v) is 20.2. The van der Waals surface area contributed by atoms with Gasteiger partial charge >= 0.3 is 5.69 Å². The van der Waals surface area contributed by atoms with E-state index in [1.807, 2.05) is 49.6 Å². The second-order valence-corrected chi connectivity index (χ2v) is 8.52. The van der Waals surface area contributed by atoms with Crippen LogP contribution in [0.3, 0.4) is 0 Å². The van der Waals surface area contributed by atoms with Crippen molar-refractivity contribution in [1.29, 1.82) is 0 Å². The number of nitrogens with one attached hydrogen (secondary N) is 1. The van der Waals surface area contributed by atoms with Crippen LogP contribution in [0.15, 0.2) is 53.7 Å². The van der Waals surface area contributed by atoms with Gasteiger partial charge in [0.05, 0.1) is 6.54 Å². The van der Waals surface area contributed by atoms with Gasteiger partial charge in [0.15, 0.2) is 5.82 Å². The Balaban J connectivity index is 1.52. The maximum absolute atomic E-state index is 13.6. The van der Waals surface area contributed by atoms with Gasteiger partial charge in [0, 0.05) is 36.4 Å². The van der Waals surface area contributed by atoms with Crippen molar-refractivity contribution in [1.82, 2.24) is 54.9 Å². The van der Waals surface area contributed by atoms with E-state index in [0.717, 1.165) is 53.6 Å². The molecule has 4 aromatic heterocycles. The molecule has 0 bridgehead atoms. The number of rotatable bonds is 10. The summed E-state index contributed by atoms with van der Waals surface area (Å²) < 4.78 is 5.02. The van der Waals surface area contributed by atoms with Crippen LogP contribution in [-0.4, -0.2) is 54.9 Å². The summed E-state index contributed by atoms with van der Waals surface area (Å²) in [5, 5.41) is 26.0. The normalized spacial score (nSPS) is 11.3. The molecule has 0 amide bonds. The third-order valence-electron chi connectivity index (χ3n) is 6.06. The lowest BCUT2D eigenvalue weighted by atomic mass is 10.00. The number of hydrogen-bond acceptors (Lipinski definition) is 8. The predicted octanol–water partition coefficient (Wildman–Crippen LogP) is 2.67. The molecule has 0 saturated carbocycles. The molecule has 0 fully saturated rings. The smallest absolute Gasteiger partial charge is 0.291 e. The number of hydrogen-bond donors (Lipinski definition) is 1. The Kier molecular flexibility index (Phi) is 6.74. The highest BCUT2D eigenvalue weighted by Crippen LogP contribution is 2.26. The van der Waals surface area contributed by atoms with Gasteiger partial charge in [-0.15, -0.1) is 5.10 Å². The quantitative estimate of drug-likeness (QED) is 0.319. The van der Waals surface area contributed by atoms with E-state index < -0.39 is 0 Å². The molecule has 4 heterocycles. The lowest BCUT2D eigenvalue weighted by Gasteiger charge is -2.12. The first-order valence-corrected chi connectivity index (χ1v) is 12.0. The highest BCUT2D eigenvalue weighted by molar-refractivity contribution is 5.69. The Morgan fingerprint density at radius 1 is 0.972 bits per heavy atom. The van der Waals surface area contributed by atoms with Crippen molar-refractivity contribution in [3.63, 3.8) is 0 Å². The average Bonchev–Trinajstić information content (AvgIpc) is 3.66. The Morgan fingerprint density at radius 3 is 2.56 bits per heavy atom. The van der Waals surface area contributed by atoms with Gasteiger partial charge in [-0.3, -0.25) is 9.55 Å². The molecule has 36 heavy (non-hydrogen) atoms. The van der Waals surface area contributed by atoms with Gasteiger partial charge in [-0.2, -0.15) is 0 Å². The number of benzene rings is 1. The van der Waals surface area contributed by atoms with Crippen molar-refractivity contribution < 1.29 is 0 Å². The number of tetrazole rings is 2. The summed E-state index contributed by atoms with van der Waals surface area (Å²) in [6.07, 6.45) is 9.09. The lowest BCUT2D eigenvalue weighted by Crippen LogP contribution is -2.27.